The third-order valence-electron chi connectivity index (χ3n) is 0.756. The van der Waals surface area contributed by atoms with Crippen molar-refractivity contribution in [1.29, 1.82) is 0 Å². The van der Waals surface area contributed by atoms with Gasteiger partial charge in [-0.1, -0.05) is 5.16 Å². The lowest BCUT2D eigenvalue weighted by Gasteiger charge is -1.95. The van der Waals surface area contributed by atoms with Crippen LogP contribution < -0.4 is 0 Å². The summed E-state index contributed by atoms with van der Waals surface area (Å²) in [7, 11) is 0. The van der Waals surface area contributed by atoms with Crippen molar-refractivity contribution < 1.29 is 9.63 Å². The van der Waals surface area contributed by atoms with Gasteiger partial charge in [0.15, 0.2) is 12.4 Å². The average molecular weight is 161 g/mol. The number of hydrogen-bond acceptors (Lipinski definition) is 4. The highest BCUT2D eigenvalue weighted by Crippen LogP contribution is 1.96. The van der Waals surface area contributed by atoms with E-state index >= 15 is 0 Å². The summed E-state index contributed by atoms with van der Waals surface area (Å²) in [5.41, 5.74) is 0. The van der Waals surface area contributed by atoms with Gasteiger partial charge in [0.1, 0.15) is 5.04 Å². The van der Waals surface area contributed by atoms with Crippen molar-refractivity contribution in [2.75, 3.05) is 12.9 Å². The quantitative estimate of drug-likeness (QED) is 0.355. The zero-order valence-corrected chi connectivity index (χ0v) is 7.20. The van der Waals surface area contributed by atoms with Crippen LogP contribution in [0, 0.1) is 0 Å². The molecule has 0 rings (SSSR count). The highest BCUT2D eigenvalue weighted by Gasteiger charge is 1.91. The average Bonchev–Trinajstić information content (AvgIpc) is 1.87. The predicted molar refractivity (Wildman–Crippen MR) is 43.3 cm³/mol. The van der Waals surface area contributed by atoms with Crippen molar-refractivity contribution in [2.45, 2.75) is 13.8 Å². The molecule has 0 aromatic carbocycles. The van der Waals surface area contributed by atoms with Crippen LogP contribution in [0.4, 0.5) is 0 Å². The normalized spacial score (nSPS) is 11.3. The smallest absolute Gasteiger partial charge is 0.174 e. The summed E-state index contributed by atoms with van der Waals surface area (Å²) in [5, 5.41) is 4.46. The first-order chi connectivity index (χ1) is 4.66. The van der Waals surface area contributed by atoms with Gasteiger partial charge in [-0.3, -0.25) is 4.79 Å². The number of thioether (sulfide) groups is 1. The Morgan fingerprint density at radius 1 is 1.60 bits per heavy atom. The molecule has 3 nitrogen and oxygen atoms in total. The Morgan fingerprint density at radius 2 is 2.20 bits per heavy atom. The molecular weight excluding hydrogens is 150 g/mol. The molecule has 0 N–H and O–H groups in total. The summed E-state index contributed by atoms with van der Waals surface area (Å²) in [6.45, 7) is 3.35. The molecule has 0 heterocycles. The van der Waals surface area contributed by atoms with Crippen LogP contribution >= 0.6 is 11.8 Å². The molecular formula is C6H11NO2S. The summed E-state index contributed by atoms with van der Waals surface area (Å²) in [6, 6.07) is 0. The van der Waals surface area contributed by atoms with Crippen molar-refractivity contribution in [3.8, 4) is 0 Å². The number of carbonyl (C=O) groups is 1. The fourth-order valence-corrected chi connectivity index (χ4v) is 0.379. The molecule has 0 aromatic heterocycles. The van der Waals surface area contributed by atoms with Crippen LogP contribution in [-0.2, 0) is 9.63 Å². The van der Waals surface area contributed by atoms with Gasteiger partial charge in [-0.2, -0.15) is 0 Å². The number of hydrogen-bond donors (Lipinski definition) is 0. The van der Waals surface area contributed by atoms with Gasteiger partial charge in [0.2, 0.25) is 0 Å². The van der Waals surface area contributed by atoms with E-state index in [9.17, 15) is 4.79 Å². The Hall–Kier alpha value is -0.510. The molecule has 0 fully saturated rings. The van der Waals surface area contributed by atoms with Gasteiger partial charge in [0.05, 0.1) is 0 Å². The maximum absolute atomic E-state index is 10.3. The SMILES string of the molecule is CS/C(C)=N/OCC(C)=O. The van der Waals surface area contributed by atoms with Gasteiger partial charge in [-0.25, -0.2) is 0 Å². The molecule has 0 aromatic rings. The van der Waals surface area contributed by atoms with Gasteiger partial charge < -0.3 is 4.84 Å². The Morgan fingerprint density at radius 3 is 2.60 bits per heavy atom. The van der Waals surface area contributed by atoms with E-state index in [1.807, 2.05) is 13.2 Å². The van der Waals surface area contributed by atoms with Crippen molar-refractivity contribution in [3.63, 3.8) is 0 Å². The molecule has 0 spiro atoms. The minimum absolute atomic E-state index is 0.0161. The summed E-state index contributed by atoms with van der Waals surface area (Å²) < 4.78 is 0. The second-order valence-electron chi connectivity index (χ2n) is 1.79. The molecule has 10 heavy (non-hydrogen) atoms. The second-order valence-corrected chi connectivity index (χ2v) is 2.79. The van der Waals surface area contributed by atoms with E-state index in [-0.39, 0.29) is 12.4 Å². The minimum atomic E-state index is -0.0161. The molecule has 0 aliphatic rings. The van der Waals surface area contributed by atoms with Gasteiger partial charge >= 0.3 is 0 Å². The molecule has 0 amide bonds. The Balaban J connectivity index is 3.43. The van der Waals surface area contributed by atoms with E-state index in [2.05, 4.69) is 9.99 Å². The summed E-state index contributed by atoms with van der Waals surface area (Å²) in [6.07, 6.45) is 1.90. The van der Waals surface area contributed by atoms with Crippen LogP contribution in [0.5, 0.6) is 0 Å². The van der Waals surface area contributed by atoms with E-state index in [1.54, 1.807) is 0 Å². The lowest BCUT2D eigenvalue weighted by Crippen LogP contribution is -2.00. The van der Waals surface area contributed by atoms with E-state index in [0.717, 1.165) is 5.04 Å². The highest BCUT2D eigenvalue weighted by molar-refractivity contribution is 8.13. The molecule has 0 aliphatic heterocycles. The number of rotatable bonds is 3. The summed E-state index contributed by atoms with van der Waals surface area (Å²) in [5.74, 6) is -0.0161. The number of carbonyl (C=O) groups excluding carboxylic acids is 1. The Bertz CT molecular complexity index is 145. The molecule has 0 atom stereocenters. The van der Waals surface area contributed by atoms with Crippen molar-refractivity contribution in [1.82, 2.24) is 0 Å². The molecule has 0 saturated heterocycles. The lowest BCUT2D eigenvalue weighted by atomic mass is 10.5. The maximum Gasteiger partial charge on any atom is 0.174 e. The minimum Gasteiger partial charge on any atom is -0.387 e. The lowest BCUT2D eigenvalue weighted by molar-refractivity contribution is -0.121. The van der Waals surface area contributed by atoms with Crippen molar-refractivity contribution >= 4 is 22.6 Å². The fraction of sp³-hybridized carbons (Fsp3) is 0.667. The zero-order chi connectivity index (χ0) is 7.98. The Kier molecular flexibility index (Phi) is 5.02. The van der Waals surface area contributed by atoms with E-state index < -0.39 is 0 Å². The van der Waals surface area contributed by atoms with E-state index in [0.29, 0.717) is 0 Å². The van der Waals surface area contributed by atoms with Crippen LogP contribution in [0.25, 0.3) is 0 Å². The highest BCUT2D eigenvalue weighted by atomic mass is 32.2. The van der Waals surface area contributed by atoms with E-state index in [4.69, 9.17) is 0 Å². The van der Waals surface area contributed by atoms with Gasteiger partial charge in [0.25, 0.3) is 0 Å². The van der Waals surface area contributed by atoms with Crippen LogP contribution in [0.3, 0.4) is 0 Å². The van der Waals surface area contributed by atoms with Crippen LogP contribution in [0.15, 0.2) is 5.16 Å². The largest absolute Gasteiger partial charge is 0.387 e. The third-order valence-corrected chi connectivity index (χ3v) is 1.42. The van der Waals surface area contributed by atoms with Crippen LogP contribution in [0.1, 0.15) is 13.8 Å². The third kappa shape index (κ3) is 5.62. The summed E-state index contributed by atoms with van der Waals surface area (Å²) in [4.78, 5) is 15.0. The monoisotopic (exact) mass is 161 g/mol. The van der Waals surface area contributed by atoms with Gasteiger partial charge in [-0.15, -0.1) is 11.8 Å². The topological polar surface area (TPSA) is 38.7 Å². The maximum atomic E-state index is 10.3. The number of nitrogens with zero attached hydrogens (tertiary/aromatic N) is 1. The molecule has 4 heteroatoms. The van der Waals surface area contributed by atoms with Gasteiger partial charge in [0, 0.05) is 0 Å². The molecule has 58 valence electrons. The number of Topliss-reactive ketones (excluding diaryl/α,β-unsaturated/α-hetero) is 1. The molecule has 0 aliphatic carbocycles. The zero-order valence-electron chi connectivity index (χ0n) is 6.38. The first-order valence-electron chi connectivity index (χ1n) is 2.86. The first kappa shape index (κ1) is 9.49. The molecule has 0 bridgehead atoms. The standard InChI is InChI=1S/C6H11NO2S/c1-5(8)4-9-7-6(2)10-3/h4H2,1-3H3/b7-6+. The van der Waals surface area contributed by atoms with Gasteiger partial charge in [-0.05, 0) is 20.1 Å². The second kappa shape index (κ2) is 5.29. The molecule has 0 unspecified atom stereocenters. The molecule has 0 saturated carbocycles. The van der Waals surface area contributed by atoms with E-state index in [1.165, 1.54) is 18.7 Å². The summed E-state index contributed by atoms with van der Waals surface area (Å²) >= 11 is 1.49. The number of ketones is 1. The van der Waals surface area contributed by atoms with Crippen molar-refractivity contribution in [2.24, 2.45) is 5.16 Å². The number of oxime groups is 1. The molecule has 0 radical (unpaired) electrons. The van der Waals surface area contributed by atoms with Crippen LogP contribution in [-0.4, -0.2) is 23.7 Å². The predicted octanol–water partition coefficient (Wildman–Crippen LogP) is 1.29. The first-order valence-corrected chi connectivity index (χ1v) is 4.09. The van der Waals surface area contributed by atoms with Crippen LogP contribution in [0.2, 0.25) is 0 Å². The fourth-order valence-electron chi connectivity index (χ4n) is 0.251. The Labute approximate surface area is 64.8 Å². The van der Waals surface area contributed by atoms with Crippen molar-refractivity contribution in [3.05, 3.63) is 0 Å².